The summed E-state index contributed by atoms with van der Waals surface area (Å²) in [4.78, 5) is 15.5. The molecule has 1 aromatic carbocycles. The Hall–Kier alpha value is -1.39. The Morgan fingerprint density at radius 3 is 2.84 bits per heavy atom. The topological polar surface area (TPSA) is 17.1 Å². The van der Waals surface area contributed by atoms with Gasteiger partial charge in [-0.1, -0.05) is 0 Å². The summed E-state index contributed by atoms with van der Waals surface area (Å²) in [6, 6.07) is 8.45. The van der Waals surface area contributed by atoms with Crippen molar-refractivity contribution in [2.24, 2.45) is 0 Å². The molecule has 0 aliphatic carbocycles. The molecule has 0 fully saturated rings. The SMILES string of the molecule is Cc1ccc(/C=C2\CSc3ccc(F)cc3C2=O)s1. The van der Waals surface area contributed by atoms with Gasteiger partial charge in [-0.2, -0.15) is 0 Å². The first kappa shape index (κ1) is 12.6. The highest BCUT2D eigenvalue weighted by Crippen LogP contribution is 2.34. The third-order valence-corrected chi connectivity index (χ3v) is 5.01. The fourth-order valence-corrected chi connectivity index (χ4v) is 3.85. The van der Waals surface area contributed by atoms with E-state index in [0.29, 0.717) is 11.3 Å². The second-order valence-corrected chi connectivity index (χ2v) is 6.71. The van der Waals surface area contributed by atoms with Crippen molar-refractivity contribution < 1.29 is 9.18 Å². The molecule has 2 heterocycles. The minimum atomic E-state index is -0.360. The van der Waals surface area contributed by atoms with Crippen molar-refractivity contribution in [3.8, 4) is 0 Å². The highest BCUT2D eigenvalue weighted by molar-refractivity contribution is 7.99. The van der Waals surface area contributed by atoms with Crippen LogP contribution in [0.1, 0.15) is 20.1 Å². The molecule has 0 bridgehead atoms. The van der Waals surface area contributed by atoms with Crippen molar-refractivity contribution in [1.82, 2.24) is 0 Å². The van der Waals surface area contributed by atoms with E-state index in [1.807, 2.05) is 25.1 Å². The van der Waals surface area contributed by atoms with Gasteiger partial charge < -0.3 is 0 Å². The smallest absolute Gasteiger partial charge is 0.191 e. The molecule has 0 spiro atoms. The maximum absolute atomic E-state index is 13.2. The second-order valence-electron chi connectivity index (χ2n) is 4.38. The van der Waals surface area contributed by atoms with E-state index in [1.165, 1.54) is 17.0 Å². The average Bonchev–Trinajstić information content (AvgIpc) is 2.79. The number of halogens is 1. The molecule has 3 rings (SSSR count). The maximum atomic E-state index is 13.2. The Bertz CT molecular complexity index is 685. The zero-order chi connectivity index (χ0) is 13.4. The molecular weight excluding hydrogens is 279 g/mol. The van der Waals surface area contributed by atoms with E-state index in [1.54, 1.807) is 29.2 Å². The number of Topliss-reactive ketones (excluding diaryl/α,β-unsaturated/α-hetero) is 1. The van der Waals surface area contributed by atoms with Crippen LogP contribution < -0.4 is 0 Å². The Morgan fingerprint density at radius 2 is 2.11 bits per heavy atom. The van der Waals surface area contributed by atoms with Crippen molar-refractivity contribution in [2.75, 3.05) is 5.75 Å². The van der Waals surface area contributed by atoms with Gasteiger partial charge in [-0.05, 0) is 43.3 Å². The Labute approximate surface area is 119 Å². The lowest BCUT2D eigenvalue weighted by Crippen LogP contribution is -2.12. The minimum absolute atomic E-state index is 0.0562. The first-order chi connectivity index (χ1) is 9.13. The van der Waals surface area contributed by atoms with Crippen molar-refractivity contribution in [3.05, 3.63) is 57.0 Å². The normalized spacial score (nSPS) is 16.7. The van der Waals surface area contributed by atoms with Gasteiger partial charge in [0.25, 0.3) is 0 Å². The van der Waals surface area contributed by atoms with Crippen LogP contribution in [0.3, 0.4) is 0 Å². The largest absolute Gasteiger partial charge is 0.289 e. The molecule has 1 nitrogen and oxygen atoms in total. The Balaban J connectivity index is 1.99. The van der Waals surface area contributed by atoms with E-state index in [2.05, 4.69) is 0 Å². The van der Waals surface area contributed by atoms with Crippen LogP contribution in [0.15, 0.2) is 40.8 Å². The lowest BCUT2D eigenvalue weighted by Gasteiger charge is -2.16. The monoisotopic (exact) mass is 290 g/mol. The molecule has 1 aliphatic heterocycles. The van der Waals surface area contributed by atoms with Gasteiger partial charge >= 0.3 is 0 Å². The van der Waals surface area contributed by atoms with Gasteiger partial charge in [-0.25, -0.2) is 4.39 Å². The van der Waals surface area contributed by atoms with Crippen LogP contribution in [-0.4, -0.2) is 11.5 Å². The molecule has 0 radical (unpaired) electrons. The zero-order valence-corrected chi connectivity index (χ0v) is 11.9. The predicted octanol–water partition coefficient (Wildman–Crippen LogP) is 4.57. The number of benzene rings is 1. The third kappa shape index (κ3) is 2.51. The summed E-state index contributed by atoms with van der Waals surface area (Å²) in [5.74, 6) is 0.231. The number of hydrogen-bond donors (Lipinski definition) is 0. The molecule has 19 heavy (non-hydrogen) atoms. The molecule has 96 valence electrons. The molecule has 0 amide bonds. The molecular formula is C15H11FOS2. The number of hydrogen-bond acceptors (Lipinski definition) is 3. The van der Waals surface area contributed by atoms with Crippen LogP contribution in [0.25, 0.3) is 6.08 Å². The zero-order valence-electron chi connectivity index (χ0n) is 10.3. The summed E-state index contributed by atoms with van der Waals surface area (Å²) in [5, 5.41) is 0. The summed E-state index contributed by atoms with van der Waals surface area (Å²) in [6.45, 7) is 2.04. The van der Waals surface area contributed by atoms with Crippen LogP contribution in [-0.2, 0) is 0 Å². The predicted molar refractivity (Wildman–Crippen MR) is 78.5 cm³/mol. The van der Waals surface area contributed by atoms with Crippen LogP contribution in [0, 0.1) is 12.7 Å². The van der Waals surface area contributed by atoms with Gasteiger partial charge in [0.05, 0.1) is 0 Å². The van der Waals surface area contributed by atoms with Gasteiger partial charge in [0.15, 0.2) is 5.78 Å². The summed E-state index contributed by atoms with van der Waals surface area (Å²) in [6.07, 6.45) is 1.92. The Morgan fingerprint density at radius 1 is 1.26 bits per heavy atom. The van der Waals surface area contributed by atoms with Crippen LogP contribution >= 0.6 is 23.1 Å². The summed E-state index contributed by atoms with van der Waals surface area (Å²) >= 11 is 3.24. The number of rotatable bonds is 1. The molecule has 1 aromatic heterocycles. The van der Waals surface area contributed by atoms with Crippen LogP contribution in [0.5, 0.6) is 0 Å². The maximum Gasteiger partial charge on any atom is 0.191 e. The molecule has 1 aliphatic rings. The number of carbonyl (C=O) groups is 1. The molecule has 0 N–H and O–H groups in total. The van der Waals surface area contributed by atoms with Crippen molar-refractivity contribution in [3.63, 3.8) is 0 Å². The number of aryl methyl sites for hydroxylation is 1. The van der Waals surface area contributed by atoms with Gasteiger partial charge in [0.2, 0.25) is 0 Å². The quantitative estimate of drug-likeness (QED) is 0.716. The first-order valence-electron chi connectivity index (χ1n) is 5.87. The fourth-order valence-electron chi connectivity index (χ4n) is 2.01. The summed E-state index contributed by atoms with van der Waals surface area (Å²) in [5.41, 5.74) is 1.22. The van der Waals surface area contributed by atoms with Gasteiger partial charge in [0.1, 0.15) is 5.82 Å². The summed E-state index contributed by atoms with van der Waals surface area (Å²) in [7, 11) is 0. The number of ketones is 1. The van der Waals surface area contributed by atoms with Crippen molar-refractivity contribution in [2.45, 2.75) is 11.8 Å². The fraction of sp³-hybridized carbons (Fsp3) is 0.133. The number of thioether (sulfide) groups is 1. The van der Waals surface area contributed by atoms with Gasteiger partial charge in [0, 0.05) is 31.5 Å². The lowest BCUT2D eigenvalue weighted by atomic mass is 10.0. The van der Waals surface area contributed by atoms with Crippen LogP contribution in [0.4, 0.5) is 4.39 Å². The lowest BCUT2D eigenvalue weighted by molar-refractivity contribution is 0.103. The second kappa shape index (κ2) is 4.94. The highest BCUT2D eigenvalue weighted by Gasteiger charge is 2.23. The molecule has 0 saturated carbocycles. The van der Waals surface area contributed by atoms with E-state index in [4.69, 9.17) is 0 Å². The number of fused-ring (bicyclic) bond motifs is 1. The van der Waals surface area contributed by atoms with E-state index >= 15 is 0 Å². The third-order valence-electron chi connectivity index (χ3n) is 2.94. The minimum Gasteiger partial charge on any atom is -0.289 e. The highest BCUT2D eigenvalue weighted by atomic mass is 32.2. The van der Waals surface area contributed by atoms with Crippen LogP contribution in [0.2, 0.25) is 0 Å². The number of thiophene rings is 1. The molecule has 2 aromatic rings. The van der Waals surface area contributed by atoms with Gasteiger partial charge in [-0.15, -0.1) is 23.1 Å². The van der Waals surface area contributed by atoms with Crippen molar-refractivity contribution in [1.29, 1.82) is 0 Å². The first-order valence-corrected chi connectivity index (χ1v) is 7.68. The van der Waals surface area contributed by atoms with E-state index in [9.17, 15) is 9.18 Å². The molecule has 4 heteroatoms. The van der Waals surface area contributed by atoms with E-state index in [-0.39, 0.29) is 11.6 Å². The Kier molecular flexibility index (Phi) is 3.29. The molecule has 0 saturated heterocycles. The average molecular weight is 290 g/mol. The number of carbonyl (C=O) groups excluding carboxylic acids is 1. The van der Waals surface area contributed by atoms with Crippen molar-refractivity contribution >= 4 is 35.0 Å². The molecule has 0 atom stereocenters. The standard InChI is InChI=1S/C15H11FOS2/c1-9-2-4-12(19-9)6-10-8-18-14-5-3-11(16)7-13(14)15(10)17/h2-7H,8H2,1H3/b10-6+. The van der Waals surface area contributed by atoms with E-state index in [0.717, 1.165) is 15.3 Å². The summed E-state index contributed by atoms with van der Waals surface area (Å²) < 4.78 is 13.2. The van der Waals surface area contributed by atoms with E-state index < -0.39 is 0 Å². The molecule has 0 unspecified atom stereocenters. The van der Waals surface area contributed by atoms with Gasteiger partial charge in [-0.3, -0.25) is 4.79 Å².